The van der Waals surface area contributed by atoms with Gasteiger partial charge in [-0.1, -0.05) is 0 Å². The highest BCUT2D eigenvalue weighted by molar-refractivity contribution is 5.61. The monoisotopic (exact) mass is 207 g/mol. The molecule has 0 aromatic carbocycles. The van der Waals surface area contributed by atoms with Gasteiger partial charge in [-0.3, -0.25) is 0 Å². The van der Waals surface area contributed by atoms with Crippen LogP contribution >= 0.6 is 0 Å². The Morgan fingerprint density at radius 3 is 1.69 bits per heavy atom. The molecule has 0 radical (unpaired) electrons. The summed E-state index contributed by atoms with van der Waals surface area (Å²) in [6.45, 7) is 0.617. The first-order valence-electron chi connectivity index (χ1n) is 2.94. The van der Waals surface area contributed by atoms with Crippen LogP contribution in [0.2, 0.25) is 0 Å². The SMILES string of the molecule is CC(O)C(F)(F)C(F)F.NC(=O)O. The Kier molecular flexibility index (Phi) is 6.20. The number of halogens is 4. The summed E-state index contributed by atoms with van der Waals surface area (Å²) in [5.41, 5.74) is 4.03. The number of carboxylic acid groups (broad SMARTS) is 1. The van der Waals surface area contributed by atoms with E-state index < -0.39 is 24.5 Å². The second-order valence-corrected chi connectivity index (χ2v) is 1.99. The van der Waals surface area contributed by atoms with Crippen LogP contribution in [0.5, 0.6) is 0 Å². The van der Waals surface area contributed by atoms with Crippen molar-refractivity contribution in [3.63, 3.8) is 0 Å². The van der Waals surface area contributed by atoms with Crippen molar-refractivity contribution in [1.82, 2.24) is 0 Å². The molecular formula is C5H9F4NO3. The molecule has 0 fully saturated rings. The van der Waals surface area contributed by atoms with Gasteiger partial charge in [0.15, 0.2) is 0 Å². The molecule has 13 heavy (non-hydrogen) atoms. The molecule has 0 aromatic rings. The van der Waals surface area contributed by atoms with E-state index in [0.29, 0.717) is 6.92 Å². The maximum absolute atomic E-state index is 11.7. The van der Waals surface area contributed by atoms with Crippen molar-refractivity contribution >= 4 is 6.09 Å². The fourth-order valence-corrected chi connectivity index (χ4v) is 0.182. The zero-order chi connectivity index (χ0) is 11.2. The van der Waals surface area contributed by atoms with Gasteiger partial charge in [0.1, 0.15) is 6.10 Å². The number of amides is 1. The molecule has 1 atom stereocenters. The van der Waals surface area contributed by atoms with Crippen LogP contribution in [-0.2, 0) is 0 Å². The van der Waals surface area contributed by atoms with Gasteiger partial charge in [0, 0.05) is 0 Å². The van der Waals surface area contributed by atoms with Gasteiger partial charge >= 0.3 is 18.4 Å². The summed E-state index contributed by atoms with van der Waals surface area (Å²) in [6.07, 6.45) is -7.42. The fraction of sp³-hybridized carbons (Fsp3) is 0.800. The summed E-state index contributed by atoms with van der Waals surface area (Å²) in [4.78, 5) is 8.78. The largest absolute Gasteiger partial charge is 0.465 e. The van der Waals surface area contributed by atoms with Crippen LogP contribution < -0.4 is 5.73 Å². The van der Waals surface area contributed by atoms with Gasteiger partial charge in [0.2, 0.25) is 0 Å². The average Bonchev–Trinajstić information content (AvgIpc) is 1.85. The predicted octanol–water partition coefficient (Wildman–Crippen LogP) is 0.891. The molecular weight excluding hydrogens is 198 g/mol. The van der Waals surface area contributed by atoms with Crippen molar-refractivity contribution in [3.8, 4) is 0 Å². The summed E-state index contributed by atoms with van der Waals surface area (Å²) in [5, 5.41) is 15.2. The third-order valence-electron chi connectivity index (χ3n) is 0.848. The first-order chi connectivity index (χ1) is 5.62. The lowest BCUT2D eigenvalue weighted by Gasteiger charge is -2.17. The zero-order valence-corrected chi connectivity index (χ0v) is 6.55. The minimum Gasteiger partial charge on any atom is -0.465 e. The van der Waals surface area contributed by atoms with Crippen LogP contribution in [0.3, 0.4) is 0 Å². The third-order valence-corrected chi connectivity index (χ3v) is 0.848. The molecule has 0 saturated carbocycles. The lowest BCUT2D eigenvalue weighted by Crippen LogP contribution is -2.38. The molecule has 0 aliphatic rings. The maximum atomic E-state index is 11.7. The standard InChI is InChI=1S/C4H6F4O.CH3NO2/c1-2(9)4(7,8)3(5)6;2-1(3)4/h2-3,9H,1H3;2H2,(H,3,4). The number of primary amides is 1. The third kappa shape index (κ3) is 7.32. The van der Waals surface area contributed by atoms with Gasteiger partial charge in [0.05, 0.1) is 0 Å². The number of hydrogen-bond acceptors (Lipinski definition) is 2. The molecule has 0 saturated heterocycles. The molecule has 4 N–H and O–H groups in total. The van der Waals surface area contributed by atoms with Crippen molar-refractivity contribution in [3.05, 3.63) is 0 Å². The highest BCUT2D eigenvalue weighted by Gasteiger charge is 2.45. The molecule has 1 unspecified atom stereocenters. The predicted molar refractivity (Wildman–Crippen MR) is 34.8 cm³/mol. The molecule has 4 nitrogen and oxygen atoms in total. The van der Waals surface area contributed by atoms with Crippen molar-refractivity contribution < 1.29 is 32.6 Å². The molecule has 0 spiro atoms. The smallest absolute Gasteiger partial charge is 0.402 e. The van der Waals surface area contributed by atoms with Gasteiger partial charge in [-0.2, -0.15) is 8.78 Å². The Morgan fingerprint density at radius 2 is 1.69 bits per heavy atom. The number of aliphatic hydroxyl groups is 1. The highest BCUT2D eigenvalue weighted by Crippen LogP contribution is 2.26. The van der Waals surface area contributed by atoms with Gasteiger partial charge in [0.25, 0.3) is 0 Å². The molecule has 0 rings (SSSR count). The van der Waals surface area contributed by atoms with Crippen LogP contribution in [-0.4, -0.2) is 34.8 Å². The normalized spacial score (nSPS) is 13.2. The van der Waals surface area contributed by atoms with Crippen LogP contribution in [0, 0.1) is 0 Å². The molecule has 8 heteroatoms. The topological polar surface area (TPSA) is 83.5 Å². The number of carbonyl (C=O) groups is 1. The molecule has 0 aliphatic heterocycles. The molecule has 0 bridgehead atoms. The lowest BCUT2D eigenvalue weighted by molar-refractivity contribution is -0.185. The van der Waals surface area contributed by atoms with E-state index >= 15 is 0 Å². The van der Waals surface area contributed by atoms with E-state index in [2.05, 4.69) is 5.73 Å². The van der Waals surface area contributed by atoms with Gasteiger partial charge in [-0.05, 0) is 6.92 Å². The second kappa shape index (κ2) is 5.57. The van der Waals surface area contributed by atoms with Gasteiger partial charge in [-0.15, -0.1) is 0 Å². The first-order valence-corrected chi connectivity index (χ1v) is 2.94. The van der Waals surface area contributed by atoms with Gasteiger partial charge < -0.3 is 15.9 Å². The zero-order valence-electron chi connectivity index (χ0n) is 6.55. The Balaban J connectivity index is 0. The summed E-state index contributed by atoms with van der Waals surface area (Å²) in [7, 11) is 0. The highest BCUT2D eigenvalue weighted by atomic mass is 19.3. The van der Waals surface area contributed by atoms with Crippen molar-refractivity contribution in [1.29, 1.82) is 0 Å². The van der Waals surface area contributed by atoms with E-state index in [1.807, 2.05) is 0 Å². The Morgan fingerprint density at radius 1 is 1.46 bits per heavy atom. The number of nitrogens with two attached hydrogens (primary N) is 1. The molecule has 1 amide bonds. The van der Waals surface area contributed by atoms with Crippen LogP contribution in [0.4, 0.5) is 22.4 Å². The summed E-state index contributed by atoms with van der Waals surface area (Å²) in [5.74, 6) is -4.28. The lowest BCUT2D eigenvalue weighted by atomic mass is 10.2. The summed E-state index contributed by atoms with van der Waals surface area (Å²) in [6, 6.07) is 0. The van der Waals surface area contributed by atoms with Crippen molar-refractivity contribution in [2.75, 3.05) is 0 Å². The average molecular weight is 207 g/mol. The number of alkyl halides is 4. The minimum absolute atomic E-state index is 0.617. The second-order valence-electron chi connectivity index (χ2n) is 1.99. The van der Waals surface area contributed by atoms with Crippen molar-refractivity contribution in [2.24, 2.45) is 5.73 Å². The number of aliphatic hydroxyl groups excluding tert-OH is 1. The van der Waals surface area contributed by atoms with E-state index in [1.165, 1.54) is 0 Å². The van der Waals surface area contributed by atoms with Gasteiger partial charge in [-0.25, -0.2) is 13.6 Å². The Hall–Kier alpha value is -1.05. The van der Waals surface area contributed by atoms with E-state index in [4.69, 9.17) is 15.0 Å². The number of rotatable bonds is 2. The molecule has 0 aliphatic carbocycles. The molecule has 0 aromatic heterocycles. The van der Waals surface area contributed by atoms with Crippen LogP contribution in [0.25, 0.3) is 0 Å². The first kappa shape index (κ1) is 14.5. The van der Waals surface area contributed by atoms with E-state index in [-0.39, 0.29) is 0 Å². The van der Waals surface area contributed by atoms with E-state index in [9.17, 15) is 17.6 Å². The molecule has 80 valence electrons. The van der Waals surface area contributed by atoms with Crippen LogP contribution in [0.1, 0.15) is 6.92 Å². The molecule has 0 heterocycles. The number of hydrogen-bond donors (Lipinski definition) is 3. The Bertz CT molecular complexity index is 148. The maximum Gasteiger partial charge on any atom is 0.402 e. The Labute approximate surface area is 71.0 Å². The summed E-state index contributed by atoms with van der Waals surface area (Å²) < 4.78 is 45.6. The minimum atomic E-state index is -4.28. The quantitative estimate of drug-likeness (QED) is 0.588. The van der Waals surface area contributed by atoms with E-state index in [1.54, 1.807) is 0 Å². The van der Waals surface area contributed by atoms with E-state index in [0.717, 1.165) is 0 Å². The fourth-order valence-electron chi connectivity index (χ4n) is 0.182. The van der Waals surface area contributed by atoms with Crippen LogP contribution in [0.15, 0.2) is 0 Å². The summed E-state index contributed by atoms with van der Waals surface area (Å²) >= 11 is 0. The van der Waals surface area contributed by atoms with Crippen molar-refractivity contribution in [2.45, 2.75) is 25.4 Å².